The summed E-state index contributed by atoms with van der Waals surface area (Å²) in [5.74, 6) is 0. The summed E-state index contributed by atoms with van der Waals surface area (Å²) < 4.78 is 0. The van der Waals surface area contributed by atoms with Gasteiger partial charge in [-0.05, 0) is 31.7 Å². The number of urea groups is 1. The van der Waals surface area contributed by atoms with Crippen molar-refractivity contribution in [2.24, 2.45) is 5.41 Å². The van der Waals surface area contributed by atoms with E-state index in [0.29, 0.717) is 18.5 Å². The highest BCUT2D eigenvalue weighted by Crippen LogP contribution is 2.40. The number of rotatable bonds is 7. The van der Waals surface area contributed by atoms with Crippen LogP contribution in [0, 0.1) is 5.41 Å². The largest absolute Gasteiger partial charge is 0.390 e. The van der Waals surface area contributed by atoms with Crippen LogP contribution in [0.2, 0.25) is 0 Å². The number of likely N-dealkylation sites (N-methyl/N-ethyl adjacent to an activating group) is 2. The Morgan fingerprint density at radius 1 is 1.25 bits per heavy atom. The summed E-state index contributed by atoms with van der Waals surface area (Å²) in [6, 6.07) is -0.0628. The second kappa shape index (κ2) is 9.02. The number of β-amino-alcohol motifs (C(OH)–C–C–N with tert-alkyl or cyclic N) is 1. The highest BCUT2D eigenvalue weighted by molar-refractivity contribution is 5.73. The fraction of sp³-hybridized carbons (Fsp3) is 0.944. The van der Waals surface area contributed by atoms with Gasteiger partial charge in [-0.2, -0.15) is 0 Å². The molecule has 2 aliphatic rings. The topological polar surface area (TPSA) is 59.1 Å². The molecule has 6 nitrogen and oxygen atoms in total. The van der Waals surface area contributed by atoms with Crippen molar-refractivity contribution in [3.63, 3.8) is 0 Å². The van der Waals surface area contributed by atoms with Crippen molar-refractivity contribution in [3.8, 4) is 0 Å². The summed E-state index contributed by atoms with van der Waals surface area (Å²) >= 11 is 0. The van der Waals surface area contributed by atoms with E-state index in [2.05, 4.69) is 29.1 Å². The van der Waals surface area contributed by atoms with Crippen molar-refractivity contribution < 1.29 is 9.90 Å². The highest BCUT2D eigenvalue weighted by atomic mass is 16.3. The van der Waals surface area contributed by atoms with Crippen LogP contribution in [0.15, 0.2) is 0 Å². The summed E-state index contributed by atoms with van der Waals surface area (Å²) in [6.07, 6.45) is 5.64. The molecule has 24 heavy (non-hydrogen) atoms. The minimum absolute atomic E-state index is 0.0628. The van der Waals surface area contributed by atoms with Crippen LogP contribution >= 0.6 is 0 Å². The van der Waals surface area contributed by atoms with Crippen molar-refractivity contribution in [2.45, 2.75) is 45.1 Å². The standard InChI is InChI=1S/C18H36N4O2/c1-4-18(7-5-6-8-18)15-19-17(24)21(3)13-16(23)14-22-11-9-20(2)10-12-22/h16,23H,4-15H2,1-3H3,(H,19,24). The molecule has 1 saturated heterocycles. The van der Waals surface area contributed by atoms with Gasteiger partial charge in [0.1, 0.15) is 0 Å². The number of nitrogens with one attached hydrogen (secondary N) is 1. The van der Waals surface area contributed by atoms with Gasteiger partial charge in [0, 0.05) is 52.9 Å². The Morgan fingerprint density at radius 2 is 1.88 bits per heavy atom. The maximum absolute atomic E-state index is 12.3. The maximum Gasteiger partial charge on any atom is 0.317 e. The van der Waals surface area contributed by atoms with E-state index in [9.17, 15) is 9.90 Å². The van der Waals surface area contributed by atoms with Gasteiger partial charge in [-0.15, -0.1) is 0 Å². The Morgan fingerprint density at radius 3 is 2.46 bits per heavy atom. The monoisotopic (exact) mass is 340 g/mol. The molecule has 1 unspecified atom stereocenters. The molecule has 6 heteroatoms. The van der Waals surface area contributed by atoms with Crippen LogP contribution in [0.4, 0.5) is 4.79 Å². The van der Waals surface area contributed by atoms with E-state index in [0.717, 1.165) is 39.1 Å². The molecule has 2 fully saturated rings. The Balaban J connectivity index is 1.68. The summed E-state index contributed by atoms with van der Waals surface area (Å²) in [7, 11) is 3.90. The average Bonchev–Trinajstić information content (AvgIpc) is 3.04. The fourth-order valence-corrected chi connectivity index (χ4v) is 3.96. The van der Waals surface area contributed by atoms with Gasteiger partial charge in [0.15, 0.2) is 0 Å². The molecule has 1 aliphatic heterocycles. The number of carbonyl (C=O) groups excluding carboxylic acids is 1. The Labute approximate surface area is 147 Å². The summed E-state index contributed by atoms with van der Waals surface area (Å²) in [5.41, 5.74) is 0.301. The molecule has 0 radical (unpaired) electrons. The molecule has 1 saturated carbocycles. The van der Waals surface area contributed by atoms with E-state index >= 15 is 0 Å². The van der Waals surface area contributed by atoms with E-state index in [4.69, 9.17) is 0 Å². The number of piperazine rings is 1. The van der Waals surface area contributed by atoms with Crippen LogP contribution in [0.5, 0.6) is 0 Å². The Bertz CT molecular complexity index is 390. The Kier molecular flexibility index (Phi) is 7.32. The minimum atomic E-state index is -0.490. The van der Waals surface area contributed by atoms with Crippen molar-refractivity contribution in [1.29, 1.82) is 0 Å². The molecule has 140 valence electrons. The van der Waals surface area contributed by atoms with Crippen LogP contribution in [0.1, 0.15) is 39.0 Å². The molecule has 1 heterocycles. The highest BCUT2D eigenvalue weighted by Gasteiger charge is 2.32. The van der Waals surface area contributed by atoms with Gasteiger partial charge in [0.2, 0.25) is 0 Å². The third-order valence-corrected chi connectivity index (χ3v) is 5.92. The van der Waals surface area contributed by atoms with Crippen molar-refractivity contribution in [2.75, 3.05) is 59.9 Å². The van der Waals surface area contributed by atoms with E-state index in [1.165, 1.54) is 25.7 Å². The third-order valence-electron chi connectivity index (χ3n) is 5.92. The second-order valence-electron chi connectivity index (χ2n) is 7.86. The first-order valence-electron chi connectivity index (χ1n) is 9.52. The SMILES string of the molecule is CCC1(CNC(=O)N(C)CC(O)CN2CCN(C)CC2)CCCC1. The number of nitrogens with zero attached hydrogens (tertiary/aromatic N) is 3. The van der Waals surface area contributed by atoms with E-state index in [1.807, 2.05) is 0 Å². The Hall–Kier alpha value is -0.850. The number of hydrogen-bond acceptors (Lipinski definition) is 4. The van der Waals surface area contributed by atoms with E-state index in [1.54, 1.807) is 11.9 Å². The normalized spacial score (nSPS) is 23.2. The maximum atomic E-state index is 12.3. The molecular formula is C18H36N4O2. The zero-order chi connectivity index (χ0) is 17.6. The predicted octanol–water partition coefficient (Wildman–Crippen LogP) is 1.21. The smallest absolute Gasteiger partial charge is 0.317 e. The molecule has 0 aromatic heterocycles. The summed E-state index contributed by atoms with van der Waals surface area (Å²) in [6.45, 7) is 8.08. The van der Waals surface area contributed by atoms with Crippen molar-refractivity contribution in [1.82, 2.24) is 20.0 Å². The molecule has 2 amide bonds. The van der Waals surface area contributed by atoms with Gasteiger partial charge in [-0.1, -0.05) is 19.8 Å². The van der Waals surface area contributed by atoms with Crippen molar-refractivity contribution in [3.05, 3.63) is 0 Å². The number of carbonyl (C=O) groups is 1. The molecule has 0 aromatic rings. The number of aliphatic hydroxyl groups excluding tert-OH is 1. The average molecular weight is 341 g/mol. The first-order chi connectivity index (χ1) is 11.4. The fourth-order valence-electron chi connectivity index (χ4n) is 3.96. The number of amides is 2. The minimum Gasteiger partial charge on any atom is -0.390 e. The van der Waals surface area contributed by atoms with Crippen LogP contribution in [0.3, 0.4) is 0 Å². The van der Waals surface area contributed by atoms with Crippen LogP contribution in [0.25, 0.3) is 0 Å². The van der Waals surface area contributed by atoms with E-state index in [-0.39, 0.29) is 6.03 Å². The molecule has 2 N–H and O–H groups in total. The van der Waals surface area contributed by atoms with Gasteiger partial charge in [-0.25, -0.2) is 4.79 Å². The zero-order valence-corrected chi connectivity index (χ0v) is 15.8. The molecule has 0 aromatic carbocycles. The van der Waals surface area contributed by atoms with Gasteiger partial charge < -0.3 is 20.2 Å². The quantitative estimate of drug-likeness (QED) is 0.731. The van der Waals surface area contributed by atoms with Crippen LogP contribution < -0.4 is 5.32 Å². The van der Waals surface area contributed by atoms with Gasteiger partial charge in [-0.3, -0.25) is 4.90 Å². The molecule has 1 atom stereocenters. The van der Waals surface area contributed by atoms with Crippen LogP contribution in [-0.4, -0.2) is 91.8 Å². The lowest BCUT2D eigenvalue weighted by molar-refractivity contribution is 0.0654. The number of aliphatic hydroxyl groups is 1. The molecular weight excluding hydrogens is 304 g/mol. The van der Waals surface area contributed by atoms with Gasteiger partial charge >= 0.3 is 6.03 Å². The van der Waals surface area contributed by atoms with Gasteiger partial charge in [0.25, 0.3) is 0 Å². The first kappa shape index (κ1) is 19.5. The summed E-state index contributed by atoms with van der Waals surface area (Å²) in [5, 5.41) is 13.4. The lowest BCUT2D eigenvalue weighted by Crippen LogP contribution is -2.50. The lowest BCUT2D eigenvalue weighted by atomic mass is 9.83. The third kappa shape index (κ3) is 5.60. The van der Waals surface area contributed by atoms with Gasteiger partial charge in [0.05, 0.1) is 6.10 Å². The van der Waals surface area contributed by atoms with Crippen molar-refractivity contribution >= 4 is 6.03 Å². The number of hydrogen-bond donors (Lipinski definition) is 2. The zero-order valence-electron chi connectivity index (χ0n) is 15.8. The second-order valence-corrected chi connectivity index (χ2v) is 7.86. The lowest BCUT2D eigenvalue weighted by Gasteiger charge is -2.34. The van der Waals surface area contributed by atoms with Crippen LogP contribution in [-0.2, 0) is 0 Å². The summed E-state index contributed by atoms with van der Waals surface area (Å²) in [4.78, 5) is 18.5. The van der Waals surface area contributed by atoms with E-state index < -0.39 is 6.10 Å². The molecule has 0 spiro atoms. The first-order valence-corrected chi connectivity index (χ1v) is 9.52. The predicted molar refractivity (Wildman–Crippen MR) is 97.2 cm³/mol. The molecule has 2 rings (SSSR count). The molecule has 1 aliphatic carbocycles. The molecule has 0 bridgehead atoms.